The molecule has 0 bridgehead atoms. The molecule has 35 heavy (non-hydrogen) atoms. The van der Waals surface area contributed by atoms with Gasteiger partial charge in [-0.2, -0.15) is 18.2 Å². The van der Waals surface area contributed by atoms with E-state index in [0.29, 0.717) is 36.8 Å². The van der Waals surface area contributed by atoms with Crippen molar-refractivity contribution in [2.75, 3.05) is 5.73 Å². The summed E-state index contributed by atoms with van der Waals surface area (Å²) in [5, 5.41) is 13.0. The van der Waals surface area contributed by atoms with Crippen molar-refractivity contribution in [1.29, 1.82) is 0 Å². The van der Waals surface area contributed by atoms with Gasteiger partial charge in [0.2, 0.25) is 10.0 Å². The smallest absolute Gasteiger partial charge is 0.393 e. The molecule has 3 aromatic rings. The number of alkyl halides is 3. The van der Waals surface area contributed by atoms with Gasteiger partial charge in [0.1, 0.15) is 12.2 Å². The Hall–Kier alpha value is -3.03. The zero-order valence-electron chi connectivity index (χ0n) is 18.7. The zero-order valence-corrected chi connectivity index (χ0v) is 19.5. The van der Waals surface area contributed by atoms with Gasteiger partial charge in [0.25, 0.3) is 5.89 Å². The topological polar surface area (TPSA) is 144 Å². The van der Waals surface area contributed by atoms with Crippen LogP contribution in [-0.2, 0) is 16.4 Å². The number of nitrogens with one attached hydrogen (secondary N) is 1. The summed E-state index contributed by atoms with van der Waals surface area (Å²) < 4.78 is 71.6. The fourth-order valence-corrected chi connectivity index (χ4v) is 5.30. The van der Waals surface area contributed by atoms with Crippen LogP contribution in [0.2, 0.25) is 0 Å². The first-order chi connectivity index (χ1) is 16.4. The molecule has 0 radical (unpaired) electrons. The number of aliphatic hydroxyl groups excluding tert-OH is 1. The number of hydrogen-bond acceptors (Lipinski definition) is 8. The third-order valence-electron chi connectivity index (χ3n) is 5.82. The first-order valence-electron chi connectivity index (χ1n) is 10.9. The number of aromatic nitrogens is 3. The van der Waals surface area contributed by atoms with E-state index in [2.05, 4.69) is 19.8 Å². The van der Waals surface area contributed by atoms with Crippen LogP contribution < -0.4 is 10.5 Å². The molecule has 0 saturated heterocycles. The van der Waals surface area contributed by atoms with Gasteiger partial charge in [-0.1, -0.05) is 11.2 Å². The molecule has 2 aromatic heterocycles. The number of nitrogen functional groups attached to an aromatic ring is 1. The SMILES string of the molecule is Cc1ccc(S(=O)(=O)NC2CCC(O)CC2)cc1-c1cnc(N)c(-c2nc(CC(F)(F)F)no2)c1. The number of benzene rings is 1. The van der Waals surface area contributed by atoms with Gasteiger partial charge in [0, 0.05) is 17.8 Å². The van der Waals surface area contributed by atoms with E-state index in [-0.39, 0.29) is 28.2 Å². The van der Waals surface area contributed by atoms with Gasteiger partial charge in [-0.3, -0.25) is 0 Å². The normalized spacial score (nSPS) is 19.1. The van der Waals surface area contributed by atoms with Crippen molar-refractivity contribution in [2.24, 2.45) is 0 Å². The standard InChI is InChI=1S/C22H24F3N5O4S/c1-12-2-7-16(35(32,33)30-14-3-5-15(31)6-4-14)9-17(12)13-8-18(20(26)27-11-13)21-28-19(29-34-21)10-22(23,24)25/h2,7-9,11,14-15,30-31H,3-6,10H2,1H3,(H2,26,27). The number of rotatable bonds is 6. The van der Waals surface area contributed by atoms with Crippen molar-refractivity contribution in [3.8, 4) is 22.6 Å². The molecule has 0 amide bonds. The molecule has 0 spiro atoms. The lowest BCUT2D eigenvalue weighted by Crippen LogP contribution is -2.38. The molecule has 1 fully saturated rings. The van der Waals surface area contributed by atoms with Crippen molar-refractivity contribution in [1.82, 2.24) is 19.8 Å². The second-order valence-electron chi connectivity index (χ2n) is 8.57. The van der Waals surface area contributed by atoms with Gasteiger partial charge < -0.3 is 15.4 Å². The minimum absolute atomic E-state index is 0.0291. The van der Waals surface area contributed by atoms with Crippen LogP contribution in [-0.4, -0.2) is 47.0 Å². The maximum atomic E-state index is 13.0. The largest absolute Gasteiger partial charge is 0.396 e. The molecule has 13 heteroatoms. The Bertz CT molecular complexity index is 1320. The highest BCUT2D eigenvalue weighted by Gasteiger charge is 2.31. The average molecular weight is 512 g/mol. The number of aryl methyl sites for hydroxylation is 1. The van der Waals surface area contributed by atoms with Crippen molar-refractivity contribution < 1.29 is 31.2 Å². The first-order valence-corrected chi connectivity index (χ1v) is 12.4. The fourth-order valence-electron chi connectivity index (χ4n) is 3.97. The molecule has 0 aliphatic heterocycles. The summed E-state index contributed by atoms with van der Waals surface area (Å²) in [6.07, 6.45) is -2.66. The summed E-state index contributed by atoms with van der Waals surface area (Å²) in [5.41, 5.74) is 7.79. The molecule has 1 aliphatic carbocycles. The molecule has 1 saturated carbocycles. The Kier molecular flexibility index (Phi) is 6.84. The number of hydrogen-bond donors (Lipinski definition) is 3. The minimum atomic E-state index is -4.50. The lowest BCUT2D eigenvalue weighted by atomic mass is 9.94. The number of pyridine rings is 1. The van der Waals surface area contributed by atoms with E-state index in [0.717, 1.165) is 5.56 Å². The molecule has 9 nitrogen and oxygen atoms in total. The molecule has 0 unspecified atom stereocenters. The molecule has 188 valence electrons. The number of nitrogens with zero attached hydrogens (tertiary/aromatic N) is 3. The number of sulfonamides is 1. The molecule has 4 N–H and O–H groups in total. The van der Waals surface area contributed by atoms with Crippen molar-refractivity contribution in [2.45, 2.75) is 62.2 Å². The number of anilines is 1. The van der Waals surface area contributed by atoms with Crippen molar-refractivity contribution >= 4 is 15.8 Å². The van der Waals surface area contributed by atoms with Crippen LogP contribution in [0.3, 0.4) is 0 Å². The third kappa shape index (κ3) is 5.97. The molecular weight excluding hydrogens is 487 g/mol. The predicted octanol–water partition coefficient (Wildman–Crippen LogP) is 3.38. The van der Waals surface area contributed by atoms with Gasteiger partial charge in [-0.05, 0) is 61.9 Å². The van der Waals surface area contributed by atoms with Crippen LogP contribution >= 0.6 is 0 Å². The molecular formula is C22H24F3N5O4S. The van der Waals surface area contributed by atoms with E-state index < -0.39 is 34.5 Å². The lowest BCUT2D eigenvalue weighted by molar-refractivity contribution is -0.128. The highest BCUT2D eigenvalue weighted by atomic mass is 32.2. The van der Waals surface area contributed by atoms with E-state index in [1.54, 1.807) is 13.0 Å². The predicted molar refractivity (Wildman–Crippen MR) is 120 cm³/mol. The second-order valence-corrected chi connectivity index (χ2v) is 10.3. The number of nitrogens with two attached hydrogens (primary N) is 1. The van der Waals surface area contributed by atoms with E-state index in [9.17, 15) is 26.7 Å². The Balaban J connectivity index is 1.64. The van der Waals surface area contributed by atoms with E-state index in [1.165, 1.54) is 24.4 Å². The first kappa shape index (κ1) is 25.1. The van der Waals surface area contributed by atoms with Gasteiger partial charge >= 0.3 is 6.18 Å². The Morgan fingerprint density at radius 1 is 1.17 bits per heavy atom. The molecule has 1 aliphatic rings. The molecule has 1 aromatic carbocycles. The monoisotopic (exact) mass is 511 g/mol. The average Bonchev–Trinajstić information content (AvgIpc) is 3.22. The summed E-state index contributed by atoms with van der Waals surface area (Å²) >= 11 is 0. The fraction of sp³-hybridized carbons (Fsp3) is 0.409. The van der Waals surface area contributed by atoms with Gasteiger partial charge in [0.15, 0.2) is 5.82 Å². The number of halogens is 3. The quantitative estimate of drug-likeness (QED) is 0.457. The summed E-state index contributed by atoms with van der Waals surface area (Å²) in [4.78, 5) is 7.91. The van der Waals surface area contributed by atoms with E-state index >= 15 is 0 Å². The van der Waals surface area contributed by atoms with Crippen molar-refractivity contribution in [3.63, 3.8) is 0 Å². The van der Waals surface area contributed by atoms with Gasteiger partial charge in [-0.15, -0.1) is 0 Å². The summed E-state index contributed by atoms with van der Waals surface area (Å²) in [7, 11) is -3.83. The highest BCUT2D eigenvalue weighted by Crippen LogP contribution is 2.32. The van der Waals surface area contributed by atoms with Crippen molar-refractivity contribution in [3.05, 3.63) is 41.9 Å². The van der Waals surface area contributed by atoms with Crippen LogP contribution in [0.15, 0.2) is 39.9 Å². The maximum Gasteiger partial charge on any atom is 0.396 e. The van der Waals surface area contributed by atoms with Gasteiger partial charge in [0.05, 0.1) is 16.6 Å². The summed E-state index contributed by atoms with van der Waals surface area (Å²) in [6, 6.07) is 5.89. The summed E-state index contributed by atoms with van der Waals surface area (Å²) in [5.74, 6) is -0.792. The molecule has 0 atom stereocenters. The van der Waals surface area contributed by atoms with E-state index in [4.69, 9.17) is 10.3 Å². The number of aliphatic hydroxyl groups is 1. The van der Waals surface area contributed by atoms with Crippen LogP contribution in [0.1, 0.15) is 37.1 Å². The van der Waals surface area contributed by atoms with Crippen LogP contribution in [0.25, 0.3) is 22.6 Å². The Labute approximate surface area is 199 Å². The second kappa shape index (κ2) is 9.55. The lowest BCUT2D eigenvalue weighted by Gasteiger charge is -2.26. The minimum Gasteiger partial charge on any atom is -0.393 e. The molecule has 2 heterocycles. The maximum absolute atomic E-state index is 13.0. The molecule has 4 rings (SSSR count). The highest BCUT2D eigenvalue weighted by molar-refractivity contribution is 7.89. The van der Waals surface area contributed by atoms with Crippen LogP contribution in [0.5, 0.6) is 0 Å². The van der Waals surface area contributed by atoms with Crippen LogP contribution in [0.4, 0.5) is 19.0 Å². The summed E-state index contributed by atoms with van der Waals surface area (Å²) in [6.45, 7) is 1.78. The van der Waals surface area contributed by atoms with Crippen LogP contribution in [0, 0.1) is 6.92 Å². The third-order valence-corrected chi connectivity index (χ3v) is 7.34. The van der Waals surface area contributed by atoms with Gasteiger partial charge in [-0.25, -0.2) is 18.1 Å². The Morgan fingerprint density at radius 3 is 2.57 bits per heavy atom. The zero-order chi connectivity index (χ0) is 25.4. The Morgan fingerprint density at radius 2 is 1.89 bits per heavy atom. The van der Waals surface area contributed by atoms with E-state index in [1.807, 2.05) is 0 Å².